The summed E-state index contributed by atoms with van der Waals surface area (Å²) in [5.41, 5.74) is 1.87. The van der Waals surface area contributed by atoms with Gasteiger partial charge in [0.05, 0.1) is 36.3 Å². The molecule has 2 aliphatic heterocycles. The summed E-state index contributed by atoms with van der Waals surface area (Å²) in [6, 6.07) is 9.70. The molecule has 11 heteroatoms. The number of imidazole rings is 1. The zero-order valence-electron chi connectivity index (χ0n) is 22.3. The molecule has 1 aromatic carbocycles. The van der Waals surface area contributed by atoms with Gasteiger partial charge in [0.15, 0.2) is 0 Å². The van der Waals surface area contributed by atoms with Crippen LogP contribution in [0.2, 0.25) is 0 Å². The Morgan fingerprint density at radius 3 is 2.70 bits per heavy atom. The van der Waals surface area contributed by atoms with Crippen molar-refractivity contribution in [1.29, 1.82) is 0 Å². The molecule has 5 heterocycles. The van der Waals surface area contributed by atoms with Gasteiger partial charge in [-0.3, -0.25) is 9.20 Å². The molecule has 0 spiro atoms. The van der Waals surface area contributed by atoms with Gasteiger partial charge < -0.3 is 19.9 Å². The third-order valence-corrected chi connectivity index (χ3v) is 7.02. The standard InChI is InChI=1S/C29H28FN5O5/c1-28(2,3)40-27(37)35-15-20-19(22-14-32-24-12-18(30)8-10-34(22)24)5-6-21(25(20)26(35)36)33-23-7-4-17(13-31-23)29(38)9-11-39-16-29/h4-8,10,12-14,38H,9,11,15-16H2,1-3H3,(H,31,33). The zero-order chi connectivity index (χ0) is 28.2. The largest absolute Gasteiger partial charge is 0.443 e. The number of aliphatic hydroxyl groups is 1. The number of rotatable bonds is 4. The van der Waals surface area contributed by atoms with Crippen LogP contribution in [0.3, 0.4) is 0 Å². The minimum absolute atomic E-state index is 0.0121. The second kappa shape index (κ2) is 9.39. The van der Waals surface area contributed by atoms with E-state index >= 15 is 0 Å². The van der Waals surface area contributed by atoms with Crippen molar-refractivity contribution in [2.24, 2.45) is 0 Å². The van der Waals surface area contributed by atoms with Gasteiger partial charge in [-0.2, -0.15) is 0 Å². The number of aromatic nitrogens is 3. The van der Waals surface area contributed by atoms with Gasteiger partial charge in [0.25, 0.3) is 5.91 Å². The first-order valence-corrected chi connectivity index (χ1v) is 12.9. The van der Waals surface area contributed by atoms with E-state index in [9.17, 15) is 19.1 Å². The number of hydrogen-bond donors (Lipinski definition) is 2. The molecule has 3 aromatic heterocycles. The van der Waals surface area contributed by atoms with Crippen molar-refractivity contribution in [3.05, 3.63) is 77.5 Å². The van der Waals surface area contributed by atoms with Crippen molar-refractivity contribution < 1.29 is 28.6 Å². The van der Waals surface area contributed by atoms with Crippen LogP contribution in [0, 0.1) is 5.82 Å². The fourth-order valence-electron chi connectivity index (χ4n) is 5.05. The van der Waals surface area contributed by atoms with E-state index in [1.165, 1.54) is 12.1 Å². The van der Waals surface area contributed by atoms with Gasteiger partial charge in [-0.15, -0.1) is 0 Å². The maximum absolute atomic E-state index is 13.8. The summed E-state index contributed by atoms with van der Waals surface area (Å²) in [6.07, 6.45) is 4.50. The minimum Gasteiger partial charge on any atom is -0.443 e. The molecule has 206 valence electrons. The summed E-state index contributed by atoms with van der Waals surface area (Å²) in [4.78, 5) is 36.5. The van der Waals surface area contributed by atoms with Crippen molar-refractivity contribution in [3.8, 4) is 11.3 Å². The average Bonchev–Trinajstić information content (AvgIpc) is 3.61. The number of ether oxygens (including phenoxy) is 2. The number of halogens is 1. The summed E-state index contributed by atoms with van der Waals surface area (Å²) >= 11 is 0. The van der Waals surface area contributed by atoms with Gasteiger partial charge in [-0.25, -0.2) is 24.1 Å². The lowest BCUT2D eigenvalue weighted by molar-refractivity contribution is 0.0228. The van der Waals surface area contributed by atoms with Crippen LogP contribution < -0.4 is 5.32 Å². The van der Waals surface area contributed by atoms with E-state index in [4.69, 9.17) is 9.47 Å². The Kier molecular flexibility index (Phi) is 6.08. The van der Waals surface area contributed by atoms with Crippen LogP contribution in [-0.2, 0) is 21.6 Å². The fraction of sp³-hybridized carbons (Fsp3) is 0.310. The number of nitrogens with one attached hydrogen (secondary N) is 1. The first kappa shape index (κ1) is 25.9. The quantitative estimate of drug-likeness (QED) is 0.376. The van der Waals surface area contributed by atoms with Crippen LogP contribution >= 0.6 is 0 Å². The van der Waals surface area contributed by atoms with Crippen LogP contribution in [0.25, 0.3) is 16.9 Å². The molecular formula is C29H28FN5O5. The van der Waals surface area contributed by atoms with Gasteiger partial charge >= 0.3 is 6.09 Å². The van der Waals surface area contributed by atoms with Crippen molar-refractivity contribution in [3.63, 3.8) is 0 Å². The minimum atomic E-state index is -1.07. The average molecular weight is 546 g/mol. The molecule has 0 aliphatic carbocycles. The molecule has 2 N–H and O–H groups in total. The zero-order valence-corrected chi connectivity index (χ0v) is 22.3. The topological polar surface area (TPSA) is 118 Å². The predicted octanol–water partition coefficient (Wildman–Crippen LogP) is 4.78. The van der Waals surface area contributed by atoms with Crippen LogP contribution in [0.5, 0.6) is 0 Å². The predicted molar refractivity (Wildman–Crippen MR) is 144 cm³/mol. The molecule has 1 unspecified atom stereocenters. The molecule has 4 aromatic rings. The normalized spacial score (nSPS) is 18.8. The Morgan fingerprint density at radius 1 is 1.18 bits per heavy atom. The highest BCUT2D eigenvalue weighted by atomic mass is 19.1. The van der Waals surface area contributed by atoms with E-state index in [2.05, 4.69) is 15.3 Å². The lowest BCUT2D eigenvalue weighted by Gasteiger charge is -2.23. The molecule has 2 amide bonds. The molecule has 1 saturated heterocycles. The Morgan fingerprint density at radius 2 is 2.00 bits per heavy atom. The molecule has 6 rings (SSSR count). The number of carbonyl (C=O) groups excluding carboxylic acids is 2. The Labute approximate surface area is 229 Å². The van der Waals surface area contributed by atoms with Gasteiger partial charge in [0.1, 0.15) is 28.5 Å². The number of amides is 2. The van der Waals surface area contributed by atoms with Crippen LogP contribution in [0.1, 0.15) is 48.7 Å². The first-order valence-electron chi connectivity index (χ1n) is 12.9. The number of anilines is 2. The highest BCUT2D eigenvalue weighted by Gasteiger charge is 2.39. The number of nitrogens with zero attached hydrogens (tertiary/aromatic N) is 4. The van der Waals surface area contributed by atoms with Crippen molar-refractivity contribution in [2.75, 3.05) is 18.5 Å². The molecule has 0 bridgehead atoms. The lowest BCUT2D eigenvalue weighted by atomic mass is 9.95. The molecule has 40 heavy (non-hydrogen) atoms. The maximum Gasteiger partial charge on any atom is 0.417 e. The van der Waals surface area contributed by atoms with Crippen molar-refractivity contribution in [2.45, 2.75) is 44.9 Å². The molecule has 2 aliphatic rings. The third-order valence-electron chi connectivity index (χ3n) is 7.02. The van der Waals surface area contributed by atoms with E-state index in [0.717, 1.165) is 4.90 Å². The number of hydrogen-bond acceptors (Lipinski definition) is 8. The molecule has 0 radical (unpaired) electrons. The summed E-state index contributed by atoms with van der Waals surface area (Å²) in [6.45, 7) is 5.88. The summed E-state index contributed by atoms with van der Waals surface area (Å²) in [5, 5.41) is 14.0. The number of imide groups is 1. The van der Waals surface area contributed by atoms with E-state index in [1.807, 2.05) is 6.07 Å². The highest BCUT2D eigenvalue weighted by Crippen LogP contribution is 2.39. The van der Waals surface area contributed by atoms with E-state index in [-0.39, 0.29) is 13.2 Å². The van der Waals surface area contributed by atoms with Gasteiger partial charge in [0, 0.05) is 42.6 Å². The lowest BCUT2D eigenvalue weighted by Crippen LogP contribution is -2.37. The maximum atomic E-state index is 13.8. The molecule has 1 fully saturated rings. The van der Waals surface area contributed by atoms with Crippen LogP contribution in [-0.4, -0.2) is 55.2 Å². The van der Waals surface area contributed by atoms with E-state index in [1.54, 1.807) is 62.0 Å². The van der Waals surface area contributed by atoms with Gasteiger partial charge in [-0.05, 0) is 44.5 Å². The Bertz CT molecular complexity index is 1640. The second-order valence-electron chi connectivity index (χ2n) is 11.0. The van der Waals surface area contributed by atoms with Crippen molar-refractivity contribution >= 4 is 29.2 Å². The monoisotopic (exact) mass is 545 g/mol. The number of fused-ring (bicyclic) bond motifs is 2. The fourth-order valence-corrected chi connectivity index (χ4v) is 5.05. The molecule has 10 nitrogen and oxygen atoms in total. The number of pyridine rings is 2. The molecule has 1 atom stereocenters. The summed E-state index contributed by atoms with van der Waals surface area (Å²) < 4.78 is 26.4. The number of benzene rings is 1. The van der Waals surface area contributed by atoms with Gasteiger partial charge in [-0.1, -0.05) is 12.1 Å². The molecule has 0 saturated carbocycles. The van der Waals surface area contributed by atoms with Crippen LogP contribution in [0.15, 0.2) is 55.0 Å². The Balaban J connectivity index is 1.40. The van der Waals surface area contributed by atoms with Gasteiger partial charge in [0.2, 0.25) is 0 Å². The summed E-state index contributed by atoms with van der Waals surface area (Å²) in [5.74, 6) is -0.468. The van der Waals surface area contributed by atoms with Crippen molar-refractivity contribution in [1.82, 2.24) is 19.3 Å². The molecular weight excluding hydrogens is 517 g/mol. The number of carbonyl (C=O) groups is 2. The second-order valence-corrected chi connectivity index (χ2v) is 11.0. The smallest absolute Gasteiger partial charge is 0.417 e. The summed E-state index contributed by atoms with van der Waals surface area (Å²) in [7, 11) is 0. The van der Waals surface area contributed by atoms with E-state index in [0.29, 0.717) is 58.1 Å². The SMILES string of the molecule is CC(C)(C)OC(=O)N1Cc2c(-c3cnc4cc(F)ccn34)ccc(Nc3ccc(C4(O)CCOC4)cn3)c2C1=O. The van der Waals surface area contributed by atoms with Crippen LogP contribution in [0.4, 0.5) is 20.7 Å². The highest BCUT2D eigenvalue weighted by molar-refractivity contribution is 6.11. The Hall–Kier alpha value is -4.35. The first-order chi connectivity index (χ1) is 19.0. The third kappa shape index (κ3) is 4.56. The van der Waals surface area contributed by atoms with E-state index < -0.39 is 29.0 Å².